The summed E-state index contributed by atoms with van der Waals surface area (Å²) in [5.74, 6) is -0.889. The predicted octanol–water partition coefficient (Wildman–Crippen LogP) is 13.0. The molecule has 0 atom stereocenters. The molecule has 9 heterocycles. The second-order valence-electron chi connectivity index (χ2n) is 19.9. The highest BCUT2D eigenvalue weighted by atomic mass is 32.1. The van der Waals surface area contributed by atoms with Gasteiger partial charge >= 0.3 is 0 Å². The Morgan fingerprint density at radius 3 is 1.70 bits per heavy atom. The van der Waals surface area contributed by atoms with Crippen LogP contribution in [0.1, 0.15) is 57.6 Å². The first-order valence-electron chi connectivity index (χ1n) is 24.2. The SMILES string of the molecule is C[Si]1(C)c2ncccc2N(c2ccc(/C=C3\C(=O)c4cc5ccsc5cc4C3=O)s2)c2cc(-c3ccc4c(c3)[Si]3(CCC3)c3ccccc3N4c3ccc(/C=C4\C(=O)c5cc6ccsc6cc5C4=O)s3)cnc21. The minimum absolute atomic E-state index is 0.195. The van der Waals surface area contributed by atoms with E-state index in [4.69, 9.17) is 9.97 Å². The van der Waals surface area contributed by atoms with Crippen LogP contribution in [0.3, 0.4) is 0 Å². The number of thiophene rings is 4. The largest absolute Gasteiger partial charge is 0.302 e. The molecular formula is C59H38N4O4S4Si2. The summed E-state index contributed by atoms with van der Waals surface area (Å²) in [5.41, 5.74) is 8.86. The van der Waals surface area contributed by atoms with Crippen molar-refractivity contribution in [2.45, 2.75) is 31.6 Å². The minimum atomic E-state index is -2.39. The van der Waals surface area contributed by atoms with E-state index in [1.54, 1.807) is 57.5 Å². The number of pyridine rings is 2. The van der Waals surface area contributed by atoms with Crippen molar-refractivity contribution >= 4 is 171 Å². The number of carbonyl (C=O) groups is 4. The van der Waals surface area contributed by atoms with Crippen LogP contribution < -0.4 is 30.8 Å². The fraction of sp³-hybridized carbons (Fsp3) is 0.0847. The van der Waals surface area contributed by atoms with E-state index in [1.165, 1.54) is 40.3 Å². The molecule has 3 aliphatic heterocycles. The first-order valence-corrected chi connectivity index (χ1v) is 33.0. The fourth-order valence-electron chi connectivity index (χ4n) is 11.9. The zero-order chi connectivity index (χ0) is 49.1. The first kappa shape index (κ1) is 43.3. The van der Waals surface area contributed by atoms with Gasteiger partial charge in [0.2, 0.25) is 0 Å². The number of carbonyl (C=O) groups excluding carboxylic acids is 4. The number of hydrogen-bond donors (Lipinski definition) is 0. The zero-order valence-corrected chi connectivity index (χ0v) is 44.5. The summed E-state index contributed by atoms with van der Waals surface area (Å²) in [6.45, 7) is 4.64. The molecule has 0 unspecified atom stereocenters. The molecule has 0 bridgehead atoms. The quantitative estimate of drug-likeness (QED) is 0.0955. The summed E-state index contributed by atoms with van der Waals surface area (Å²) >= 11 is 6.28. The molecule has 1 spiro atoms. The number of para-hydroxylation sites is 1. The van der Waals surface area contributed by atoms with Crippen molar-refractivity contribution in [1.29, 1.82) is 0 Å². The van der Waals surface area contributed by atoms with E-state index in [0.717, 1.165) is 73.1 Å². The smallest absolute Gasteiger partial charge is 0.197 e. The maximum absolute atomic E-state index is 13.8. The van der Waals surface area contributed by atoms with Crippen molar-refractivity contribution in [3.8, 4) is 11.1 Å². The number of fused-ring (bicyclic) bond motifs is 10. The van der Waals surface area contributed by atoms with Crippen LogP contribution in [0.5, 0.6) is 0 Å². The topological polar surface area (TPSA) is 101 Å². The van der Waals surface area contributed by atoms with Crippen molar-refractivity contribution < 1.29 is 19.2 Å². The first-order chi connectivity index (χ1) is 35.5. The van der Waals surface area contributed by atoms with E-state index in [1.807, 2.05) is 77.8 Å². The zero-order valence-electron chi connectivity index (χ0n) is 39.2. The van der Waals surface area contributed by atoms with Gasteiger partial charge in [-0.05, 0) is 153 Å². The Balaban J connectivity index is 0.811. The van der Waals surface area contributed by atoms with Crippen molar-refractivity contribution in [2.75, 3.05) is 9.80 Å². The van der Waals surface area contributed by atoms with Gasteiger partial charge in [-0.15, -0.1) is 45.3 Å². The van der Waals surface area contributed by atoms with Crippen molar-refractivity contribution in [2.24, 2.45) is 0 Å². The lowest BCUT2D eigenvalue weighted by molar-refractivity contribution is 0.0975. The molecular weight excluding hydrogens is 1010 g/mol. The highest BCUT2D eigenvalue weighted by molar-refractivity contribution is 7.18. The maximum atomic E-state index is 13.8. The van der Waals surface area contributed by atoms with Gasteiger partial charge in [0.1, 0.15) is 18.1 Å². The summed E-state index contributed by atoms with van der Waals surface area (Å²) in [7, 11) is -4.53. The van der Waals surface area contributed by atoms with Crippen LogP contribution in [0.2, 0.25) is 25.2 Å². The third-order valence-electron chi connectivity index (χ3n) is 15.7. The molecule has 2 aliphatic carbocycles. The molecule has 15 rings (SSSR count). The molecule has 5 aliphatic rings. The number of allylic oxidation sites excluding steroid dienone is 2. The third kappa shape index (κ3) is 6.19. The summed E-state index contributed by atoms with van der Waals surface area (Å²) < 4.78 is 2.00. The average Bonchev–Trinajstić information content (AvgIpc) is 4.28. The molecule has 8 nitrogen and oxygen atoms in total. The molecule has 10 aromatic rings. The van der Waals surface area contributed by atoms with Crippen LogP contribution in [-0.4, -0.2) is 49.2 Å². The predicted molar refractivity (Wildman–Crippen MR) is 306 cm³/mol. The van der Waals surface area contributed by atoms with Crippen LogP contribution in [0.25, 0.3) is 43.5 Å². The molecule has 0 amide bonds. The van der Waals surface area contributed by atoms with Gasteiger partial charge in [0.25, 0.3) is 0 Å². The van der Waals surface area contributed by atoms with E-state index in [9.17, 15) is 19.2 Å². The highest BCUT2D eigenvalue weighted by Crippen LogP contribution is 2.49. The number of Topliss-reactive ketones (excluding diaryl/α,β-unsaturated/α-hetero) is 4. The van der Waals surface area contributed by atoms with Gasteiger partial charge in [0, 0.05) is 70.7 Å². The molecule has 0 radical (unpaired) electrons. The van der Waals surface area contributed by atoms with Gasteiger partial charge in [-0.3, -0.25) is 34.0 Å². The molecule has 4 aromatic carbocycles. The van der Waals surface area contributed by atoms with Crippen LogP contribution >= 0.6 is 45.3 Å². The van der Waals surface area contributed by atoms with Gasteiger partial charge < -0.3 is 4.90 Å². The number of rotatable bonds is 5. The normalized spacial score (nSPS) is 17.9. The molecule has 14 heteroatoms. The highest BCUT2D eigenvalue weighted by Gasteiger charge is 2.50. The minimum Gasteiger partial charge on any atom is -0.302 e. The number of anilines is 6. The summed E-state index contributed by atoms with van der Waals surface area (Å²) in [6, 6.07) is 44.3. The standard InChI is InChI=1S/C59H38N4O4S4Si2/c1-72(2)58-46(8-5-18-60-58)63(53-15-12-37(71-53)28-43-55(65)39-24-34-17-20-69-49(34)30-41(39)57(43)67)47-25-35(31-61-59(47)72)32-10-13-45-51(26-32)73(21-6-22-73)50-9-4-3-7-44(50)62(45)52-14-11-36(70-52)27-42-54(64)38-23-33-16-19-68-48(33)29-40(38)56(42)66/h3-5,7-20,23-31H,6,21-22H2,1-2H3/b42-27+,43-28+. The Morgan fingerprint density at radius 2 is 1.08 bits per heavy atom. The fourth-order valence-corrected chi connectivity index (χ4v) is 22.8. The number of aromatic nitrogens is 2. The lowest BCUT2D eigenvalue weighted by Gasteiger charge is -2.49. The summed E-state index contributed by atoms with van der Waals surface area (Å²) in [6.07, 6.45) is 8.65. The lowest BCUT2D eigenvalue weighted by atomic mass is 10.1. The Kier molecular flexibility index (Phi) is 9.25. The van der Waals surface area contributed by atoms with Gasteiger partial charge in [-0.2, -0.15) is 0 Å². The number of hydrogen-bond acceptors (Lipinski definition) is 12. The van der Waals surface area contributed by atoms with Crippen molar-refractivity contribution in [1.82, 2.24) is 9.97 Å². The number of nitrogens with zero attached hydrogens (tertiary/aromatic N) is 4. The van der Waals surface area contributed by atoms with Gasteiger partial charge in [0.15, 0.2) is 31.2 Å². The van der Waals surface area contributed by atoms with Crippen LogP contribution in [0, 0.1) is 0 Å². The summed E-state index contributed by atoms with van der Waals surface area (Å²) in [5, 5.41) is 12.8. The molecule has 73 heavy (non-hydrogen) atoms. The van der Waals surface area contributed by atoms with E-state index in [0.29, 0.717) is 22.3 Å². The van der Waals surface area contributed by atoms with E-state index < -0.39 is 16.1 Å². The van der Waals surface area contributed by atoms with E-state index in [2.05, 4.69) is 89.6 Å². The van der Waals surface area contributed by atoms with E-state index >= 15 is 0 Å². The average molecular weight is 1050 g/mol. The monoisotopic (exact) mass is 1050 g/mol. The molecule has 350 valence electrons. The number of benzene rings is 4. The molecule has 1 saturated heterocycles. The second kappa shape index (κ2) is 15.6. The Hall–Kier alpha value is -7.31. The van der Waals surface area contributed by atoms with Crippen molar-refractivity contribution in [3.05, 3.63) is 188 Å². The molecule has 1 fully saturated rings. The number of ketones is 4. The Morgan fingerprint density at radius 1 is 0.521 bits per heavy atom. The Labute approximate surface area is 436 Å². The Bertz CT molecular complexity index is 4140. The van der Waals surface area contributed by atoms with Gasteiger partial charge in [0.05, 0.1) is 33.2 Å². The van der Waals surface area contributed by atoms with Crippen molar-refractivity contribution in [3.63, 3.8) is 0 Å². The van der Waals surface area contributed by atoms with Gasteiger partial charge in [-0.1, -0.05) is 49.8 Å². The molecule has 0 N–H and O–H groups in total. The lowest BCUT2D eigenvalue weighted by Crippen LogP contribution is -2.66. The van der Waals surface area contributed by atoms with Gasteiger partial charge in [-0.25, -0.2) is 0 Å². The second-order valence-corrected chi connectivity index (χ2v) is 32.5. The molecule has 6 aromatic heterocycles. The van der Waals surface area contributed by atoms with Crippen LogP contribution in [0.4, 0.5) is 32.8 Å². The third-order valence-corrected chi connectivity index (χ3v) is 27.9. The van der Waals surface area contributed by atoms with Crippen LogP contribution in [0.15, 0.2) is 156 Å². The summed E-state index contributed by atoms with van der Waals surface area (Å²) in [4.78, 5) is 71.7. The van der Waals surface area contributed by atoms with E-state index in [-0.39, 0.29) is 34.3 Å². The maximum Gasteiger partial charge on any atom is 0.197 e. The van der Waals surface area contributed by atoms with Crippen LogP contribution in [-0.2, 0) is 0 Å². The molecule has 0 saturated carbocycles.